The maximum absolute atomic E-state index is 14.0. The molecule has 3 heteroatoms. The highest BCUT2D eigenvalue weighted by Gasteiger charge is 2.36. The van der Waals surface area contributed by atoms with Gasteiger partial charge in [-0.15, -0.1) is 0 Å². The quantitative estimate of drug-likeness (QED) is 0.886. The van der Waals surface area contributed by atoms with Crippen molar-refractivity contribution in [1.82, 2.24) is 4.90 Å². The molecule has 1 saturated heterocycles. The minimum absolute atomic E-state index is 0.135. The van der Waals surface area contributed by atoms with Crippen LogP contribution in [0.25, 0.3) is 0 Å². The molecule has 1 heterocycles. The lowest BCUT2D eigenvalue weighted by Crippen LogP contribution is -2.48. The average Bonchev–Trinajstić information content (AvgIpc) is 2.58. The van der Waals surface area contributed by atoms with E-state index >= 15 is 0 Å². The fraction of sp³-hybridized carbons (Fsp3) is 0.700. The Morgan fingerprint density at radius 1 is 1.13 bits per heavy atom. The second-order valence-electron chi connectivity index (χ2n) is 7.77. The minimum Gasteiger partial charge on any atom is -0.396 e. The van der Waals surface area contributed by atoms with Crippen molar-refractivity contribution < 1.29 is 9.50 Å². The monoisotopic (exact) mass is 319 g/mol. The second kappa shape index (κ2) is 7.76. The molecule has 1 N–H and O–H groups in total. The van der Waals surface area contributed by atoms with Crippen molar-refractivity contribution in [2.24, 2.45) is 11.3 Å². The average molecular weight is 319 g/mol. The highest BCUT2D eigenvalue weighted by atomic mass is 19.1. The molecular weight excluding hydrogens is 289 g/mol. The number of likely N-dealkylation sites (tertiary alicyclic amines) is 1. The molecule has 2 aliphatic rings. The molecule has 0 spiro atoms. The van der Waals surface area contributed by atoms with E-state index in [4.69, 9.17) is 0 Å². The standard InChI is InChI=1S/C20H30FNO/c21-19-10-5-4-9-18(19)13-20(16-23)11-6-12-22(15-20)14-17-7-2-1-3-8-17/h4-5,9-10,17,23H,1-3,6-8,11-16H2/t20-/m0/s1. The summed E-state index contributed by atoms with van der Waals surface area (Å²) in [5.41, 5.74) is 0.579. The Morgan fingerprint density at radius 2 is 1.91 bits per heavy atom. The molecule has 0 unspecified atom stereocenters. The third kappa shape index (κ3) is 4.33. The van der Waals surface area contributed by atoms with Gasteiger partial charge in [0.1, 0.15) is 5.82 Å². The van der Waals surface area contributed by atoms with Crippen LogP contribution in [0.15, 0.2) is 24.3 Å². The molecule has 1 aliphatic carbocycles. The molecule has 3 rings (SSSR count). The minimum atomic E-state index is -0.172. The number of benzene rings is 1. The van der Waals surface area contributed by atoms with Crippen molar-refractivity contribution in [3.63, 3.8) is 0 Å². The number of piperidine rings is 1. The van der Waals surface area contributed by atoms with Gasteiger partial charge in [0.2, 0.25) is 0 Å². The Morgan fingerprint density at radius 3 is 2.65 bits per heavy atom. The van der Waals surface area contributed by atoms with Crippen molar-refractivity contribution >= 4 is 0 Å². The molecule has 0 aromatic heterocycles. The topological polar surface area (TPSA) is 23.5 Å². The number of hydrogen-bond donors (Lipinski definition) is 1. The number of nitrogens with zero attached hydrogens (tertiary/aromatic N) is 1. The van der Waals surface area contributed by atoms with E-state index in [1.54, 1.807) is 6.07 Å². The fourth-order valence-electron chi connectivity index (χ4n) is 4.58. The van der Waals surface area contributed by atoms with Crippen LogP contribution in [0.1, 0.15) is 50.5 Å². The first-order valence-corrected chi connectivity index (χ1v) is 9.27. The van der Waals surface area contributed by atoms with Gasteiger partial charge in [-0.05, 0) is 56.2 Å². The van der Waals surface area contributed by atoms with Crippen LogP contribution in [-0.2, 0) is 6.42 Å². The van der Waals surface area contributed by atoms with Gasteiger partial charge >= 0.3 is 0 Å². The van der Waals surface area contributed by atoms with E-state index in [1.807, 2.05) is 12.1 Å². The van der Waals surface area contributed by atoms with Crippen molar-refractivity contribution in [2.45, 2.75) is 51.4 Å². The summed E-state index contributed by atoms with van der Waals surface area (Å²) in [5.74, 6) is 0.691. The van der Waals surface area contributed by atoms with Gasteiger partial charge in [0, 0.05) is 18.5 Å². The van der Waals surface area contributed by atoms with Gasteiger partial charge in [0.05, 0.1) is 6.61 Å². The molecule has 0 radical (unpaired) electrons. The van der Waals surface area contributed by atoms with Crippen LogP contribution in [0.4, 0.5) is 4.39 Å². The molecule has 1 aromatic carbocycles. The molecule has 1 aliphatic heterocycles. The van der Waals surface area contributed by atoms with Gasteiger partial charge in [-0.25, -0.2) is 4.39 Å². The number of rotatable bonds is 5. The van der Waals surface area contributed by atoms with E-state index in [0.717, 1.165) is 37.4 Å². The normalized spacial score (nSPS) is 27.2. The Hall–Kier alpha value is -0.930. The second-order valence-corrected chi connectivity index (χ2v) is 7.77. The number of aliphatic hydroxyl groups excluding tert-OH is 1. The highest BCUT2D eigenvalue weighted by Crippen LogP contribution is 2.35. The Kier molecular flexibility index (Phi) is 5.71. The summed E-state index contributed by atoms with van der Waals surface area (Å²) in [5, 5.41) is 10.1. The molecule has 0 amide bonds. The largest absolute Gasteiger partial charge is 0.396 e. The lowest BCUT2D eigenvalue weighted by molar-refractivity contribution is 0.0225. The number of aliphatic hydroxyl groups is 1. The molecule has 128 valence electrons. The van der Waals surface area contributed by atoms with Gasteiger partial charge in [-0.2, -0.15) is 0 Å². The SMILES string of the molecule is OC[C@]1(Cc2ccccc2F)CCCN(CC2CCCCC2)C1. The van der Waals surface area contributed by atoms with Crippen LogP contribution in [0.2, 0.25) is 0 Å². The van der Waals surface area contributed by atoms with E-state index in [9.17, 15) is 9.50 Å². The summed E-state index contributed by atoms with van der Waals surface area (Å²) in [6.07, 6.45) is 9.62. The van der Waals surface area contributed by atoms with Gasteiger partial charge in [0.15, 0.2) is 0 Å². The van der Waals surface area contributed by atoms with Gasteiger partial charge in [-0.3, -0.25) is 0 Å². The predicted octanol–water partition coefficient (Wildman–Crippen LogP) is 4.02. The van der Waals surface area contributed by atoms with E-state index in [1.165, 1.54) is 44.7 Å². The van der Waals surface area contributed by atoms with Crippen LogP contribution in [-0.4, -0.2) is 36.2 Å². The molecule has 0 bridgehead atoms. The van der Waals surface area contributed by atoms with Crippen LogP contribution in [0.5, 0.6) is 0 Å². The zero-order valence-electron chi connectivity index (χ0n) is 14.1. The summed E-state index contributed by atoms with van der Waals surface area (Å²) >= 11 is 0. The van der Waals surface area contributed by atoms with Crippen molar-refractivity contribution in [3.8, 4) is 0 Å². The van der Waals surface area contributed by atoms with E-state index in [2.05, 4.69) is 4.90 Å². The predicted molar refractivity (Wildman–Crippen MR) is 91.9 cm³/mol. The van der Waals surface area contributed by atoms with Gasteiger partial charge in [-0.1, -0.05) is 37.5 Å². The molecular formula is C20H30FNO. The van der Waals surface area contributed by atoms with Gasteiger partial charge in [0.25, 0.3) is 0 Å². The summed E-state index contributed by atoms with van der Waals surface area (Å²) in [6, 6.07) is 7.03. The van der Waals surface area contributed by atoms with Crippen molar-refractivity contribution in [1.29, 1.82) is 0 Å². The number of halogens is 1. The highest BCUT2D eigenvalue weighted by molar-refractivity contribution is 5.19. The smallest absolute Gasteiger partial charge is 0.126 e. The Bertz CT molecular complexity index is 500. The van der Waals surface area contributed by atoms with Crippen molar-refractivity contribution in [2.75, 3.05) is 26.2 Å². The molecule has 1 saturated carbocycles. The third-order valence-corrected chi connectivity index (χ3v) is 5.84. The lowest BCUT2D eigenvalue weighted by Gasteiger charge is -2.43. The van der Waals surface area contributed by atoms with Crippen LogP contribution in [0, 0.1) is 17.2 Å². The first-order valence-electron chi connectivity index (χ1n) is 9.27. The molecule has 2 fully saturated rings. The van der Waals surface area contributed by atoms with Crippen LogP contribution >= 0.6 is 0 Å². The Balaban J connectivity index is 1.65. The number of hydrogen-bond acceptors (Lipinski definition) is 2. The first kappa shape index (κ1) is 16.9. The maximum atomic E-state index is 14.0. The summed E-state index contributed by atoms with van der Waals surface area (Å²) < 4.78 is 14.0. The Labute approximate surface area is 139 Å². The zero-order valence-corrected chi connectivity index (χ0v) is 14.1. The van der Waals surface area contributed by atoms with Crippen LogP contribution < -0.4 is 0 Å². The maximum Gasteiger partial charge on any atom is 0.126 e. The van der Waals surface area contributed by atoms with E-state index < -0.39 is 0 Å². The zero-order chi connectivity index (χ0) is 16.1. The van der Waals surface area contributed by atoms with Crippen LogP contribution in [0.3, 0.4) is 0 Å². The molecule has 1 aromatic rings. The summed E-state index contributed by atoms with van der Waals surface area (Å²) in [4.78, 5) is 2.54. The summed E-state index contributed by atoms with van der Waals surface area (Å²) in [6.45, 7) is 3.37. The van der Waals surface area contributed by atoms with E-state index in [0.29, 0.717) is 6.42 Å². The van der Waals surface area contributed by atoms with Crippen molar-refractivity contribution in [3.05, 3.63) is 35.6 Å². The van der Waals surface area contributed by atoms with Gasteiger partial charge < -0.3 is 10.0 Å². The van der Waals surface area contributed by atoms with E-state index in [-0.39, 0.29) is 17.8 Å². The molecule has 23 heavy (non-hydrogen) atoms. The molecule has 1 atom stereocenters. The first-order chi connectivity index (χ1) is 11.2. The lowest BCUT2D eigenvalue weighted by atomic mass is 9.75. The fourth-order valence-corrected chi connectivity index (χ4v) is 4.58. The third-order valence-electron chi connectivity index (χ3n) is 5.84. The molecule has 2 nitrogen and oxygen atoms in total. The summed E-state index contributed by atoms with van der Waals surface area (Å²) in [7, 11) is 0.